The van der Waals surface area contributed by atoms with Crippen LogP contribution in [0.3, 0.4) is 0 Å². The van der Waals surface area contributed by atoms with Gasteiger partial charge in [-0.25, -0.2) is 0 Å². The van der Waals surface area contributed by atoms with Crippen molar-refractivity contribution in [3.05, 3.63) is 138 Å². The molecule has 3 aliphatic rings. The van der Waals surface area contributed by atoms with Crippen LogP contribution in [0, 0.1) is 0 Å². The molecule has 1 aliphatic carbocycles. The van der Waals surface area contributed by atoms with Gasteiger partial charge in [0.25, 0.3) is 6.71 Å². The second-order valence-electron chi connectivity index (χ2n) is 18.2. The highest BCUT2D eigenvalue weighted by Gasteiger charge is 2.47. The van der Waals surface area contributed by atoms with Gasteiger partial charge in [-0.3, -0.25) is 0 Å². The number of furan rings is 1. The van der Waals surface area contributed by atoms with Gasteiger partial charge in [-0.15, -0.1) is 0 Å². The van der Waals surface area contributed by atoms with Gasteiger partial charge in [-0.05, 0) is 85.9 Å². The van der Waals surface area contributed by atoms with Crippen LogP contribution in [0.25, 0.3) is 49.8 Å². The number of benzene rings is 6. The molecule has 0 unspecified atom stereocenters. The molecule has 0 saturated heterocycles. The van der Waals surface area contributed by atoms with E-state index in [0.717, 1.165) is 27.6 Å². The summed E-state index contributed by atoms with van der Waals surface area (Å²) in [5.74, 6) is 0. The zero-order valence-corrected chi connectivity index (χ0v) is 31.8. The zero-order valence-electron chi connectivity index (χ0n) is 31.8. The molecule has 3 nitrogen and oxygen atoms in total. The van der Waals surface area contributed by atoms with Gasteiger partial charge in [-0.1, -0.05) is 134 Å². The van der Waals surface area contributed by atoms with Crippen molar-refractivity contribution in [2.45, 2.75) is 71.6 Å². The number of hydrogen-bond donors (Lipinski definition) is 0. The fourth-order valence-electron chi connectivity index (χ4n) is 10.1. The van der Waals surface area contributed by atoms with Crippen molar-refractivity contribution in [2.75, 3.05) is 4.90 Å². The van der Waals surface area contributed by atoms with Gasteiger partial charge < -0.3 is 13.9 Å². The lowest BCUT2D eigenvalue weighted by Gasteiger charge is -2.42. The summed E-state index contributed by atoms with van der Waals surface area (Å²) in [6.45, 7) is 19.0. The monoisotopic (exact) mass is 686 g/mol. The third kappa shape index (κ3) is 3.91. The highest BCUT2D eigenvalue weighted by Crippen LogP contribution is 2.55. The van der Waals surface area contributed by atoms with E-state index >= 15 is 0 Å². The van der Waals surface area contributed by atoms with E-state index in [1.807, 2.05) is 0 Å². The summed E-state index contributed by atoms with van der Waals surface area (Å²) in [6.07, 6.45) is 0. The maximum absolute atomic E-state index is 6.54. The Kier molecular flexibility index (Phi) is 5.83. The van der Waals surface area contributed by atoms with E-state index in [4.69, 9.17) is 4.42 Å². The Labute approximate surface area is 311 Å². The third-order valence-corrected chi connectivity index (χ3v) is 12.7. The Hall–Kier alpha value is -5.48. The topological polar surface area (TPSA) is 21.3 Å². The van der Waals surface area contributed by atoms with Crippen molar-refractivity contribution in [3.8, 4) is 16.9 Å². The Morgan fingerprint density at radius 3 is 2.08 bits per heavy atom. The van der Waals surface area contributed by atoms with Gasteiger partial charge in [0.1, 0.15) is 11.2 Å². The predicted molar refractivity (Wildman–Crippen MR) is 225 cm³/mol. The quantitative estimate of drug-likeness (QED) is 0.160. The molecule has 0 fully saturated rings. The molecule has 11 rings (SSSR count). The van der Waals surface area contributed by atoms with E-state index < -0.39 is 0 Å². The van der Waals surface area contributed by atoms with E-state index in [0.29, 0.717) is 0 Å². The molecule has 0 bridgehead atoms. The van der Waals surface area contributed by atoms with Gasteiger partial charge in [0.05, 0.1) is 16.8 Å². The van der Waals surface area contributed by atoms with Crippen LogP contribution in [0.4, 0.5) is 17.1 Å². The summed E-state index contributed by atoms with van der Waals surface area (Å²) in [5, 5.41) is 3.67. The van der Waals surface area contributed by atoms with E-state index in [9.17, 15) is 0 Å². The summed E-state index contributed by atoms with van der Waals surface area (Å²) in [4.78, 5) is 2.59. The van der Waals surface area contributed by atoms with E-state index in [2.05, 4.69) is 180 Å². The fraction of sp³-hybridized carbons (Fsp3) is 0.224. The van der Waals surface area contributed by atoms with E-state index in [1.165, 1.54) is 77.9 Å². The molecule has 0 spiro atoms. The number of nitrogens with zero attached hydrogens (tertiary/aromatic N) is 2. The van der Waals surface area contributed by atoms with Crippen LogP contribution in [0.1, 0.15) is 77.6 Å². The lowest BCUT2D eigenvalue weighted by Crippen LogP contribution is -2.60. The molecule has 0 radical (unpaired) electrons. The second-order valence-corrected chi connectivity index (χ2v) is 18.2. The van der Waals surface area contributed by atoms with Crippen molar-refractivity contribution >= 4 is 73.0 Å². The SMILES string of the molecule is CC(C)(C)c1ccc2c(c1)N(c1cccc3oc4ccccc4c13)c1cc(C(C)(C)C)cc3c1B2c1cccc2c4c(n-3c12)-c1ccccc1C4(C)C. The lowest BCUT2D eigenvalue weighted by molar-refractivity contribution is 0.590. The van der Waals surface area contributed by atoms with Gasteiger partial charge in [0.15, 0.2) is 0 Å². The molecule has 2 aromatic heterocycles. The molecule has 0 N–H and O–H groups in total. The smallest absolute Gasteiger partial charge is 0.252 e. The molecule has 4 heterocycles. The van der Waals surface area contributed by atoms with E-state index in [1.54, 1.807) is 0 Å². The number of aromatic nitrogens is 1. The maximum atomic E-state index is 6.54. The van der Waals surface area contributed by atoms with Crippen molar-refractivity contribution in [1.82, 2.24) is 4.57 Å². The van der Waals surface area contributed by atoms with Crippen LogP contribution >= 0.6 is 0 Å². The minimum Gasteiger partial charge on any atom is -0.456 e. The maximum Gasteiger partial charge on any atom is 0.252 e. The van der Waals surface area contributed by atoms with Crippen LogP contribution in [-0.4, -0.2) is 11.3 Å². The molecule has 4 heteroatoms. The summed E-state index contributed by atoms with van der Waals surface area (Å²) in [6, 6.07) is 43.6. The molecular formula is C49H43BN2O. The number of rotatable bonds is 1. The average Bonchev–Trinajstić information content (AvgIpc) is 3.76. The predicted octanol–water partition coefficient (Wildman–Crippen LogP) is 11.0. The van der Waals surface area contributed by atoms with Crippen LogP contribution in [0.2, 0.25) is 0 Å². The highest BCUT2D eigenvalue weighted by atomic mass is 16.3. The minimum absolute atomic E-state index is 0.0190. The van der Waals surface area contributed by atoms with Crippen molar-refractivity contribution in [3.63, 3.8) is 0 Å². The number of para-hydroxylation sites is 2. The van der Waals surface area contributed by atoms with Crippen LogP contribution < -0.4 is 21.3 Å². The third-order valence-electron chi connectivity index (χ3n) is 12.7. The van der Waals surface area contributed by atoms with Crippen LogP contribution in [-0.2, 0) is 16.2 Å². The van der Waals surface area contributed by atoms with E-state index in [-0.39, 0.29) is 23.0 Å². The molecule has 8 aromatic rings. The van der Waals surface area contributed by atoms with Gasteiger partial charge in [0, 0.05) is 44.3 Å². The summed E-state index contributed by atoms with van der Waals surface area (Å²) < 4.78 is 9.21. The minimum atomic E-state index is -0.123. The standard InChI is InChI=1S/C49H43BN2O/c1-47(2,3)28-23-24-34-37(25-28)51(36-20-14-22-41-42(36)31-16-10-12-21-40(31)53-41)38-26-29(48(4,5)6)27-39-44(38)50(34)35-19-13-17-32-43-46(52(39)45(32)35)30-15-9-11-18-33(30)49(43,7)8/h9-27H,1-8H3. The Balaban J connectivity index is 1.34. The normalized spacial score (nSPS) is 15.2. The van der Waals surface area contributed by atoms with Crippen molar-refractivity contribution in [2.24, 2.45) is 0 Å². The molecule has 258 valence electrons. The molecule has 0 saturated carbocycles. The van der Waals surface area contributed by atoms with Gasteiger partial charge in [-0.2, -0.15) is 0 Å². The molecule has 6 aromatic carbocycles. The lowest BCUT2D eigenvalue weighted by atomic mass is 9.33. The Bertz CT molecular complexity index is 2910. The Morgan fingerprint density at radius 2 is 1.26 bits per heavy atom. The van der Waals surface area contributed by atoms with Crippen LogP contribution in [0.5, 0.6) is 0 Å². The largest absolute Gasteiger partial charge is 0.456 e. The van der Waals surface area contributed by atoms with Crippen LogP contribution in [0.15, 0.2) is 120 Å². The highest BCUT2D eigenvalue weighted by molar-refractivity contribution is 7.00. The molecule has 0 atom stereocenters. The number of fused-ring (bicyclic) bond motifs is 12. The average molecular weight is 687 g/mol. The summed E-state index contributed by atoms with van der Waals surface area (Å²) in [7, 11) is 0. The first kappa shape index (κ1) is 31.1. The fourth-order valence-corrected chi connectivity index (χ4v) is 10.1. The van der Waals surface area contributed by atoms with Gasteiger partial charge in [0.2, 0.25) is 0 Å². The molecule has 2 aliphatic heterocycles. The first-order valence-corrected chi connectivity index (χ1v) is 19.2. The molecule has 53 heavy (non-hydrogen) atoms. The second kappa shape index (κ2) is 9.93. The van der Waals surface area contributed by atoms with Gasteiger partial charge >= 0.3 is 0 Å². The molecular weight excluding hydrogens is 643 g/mol. The first-order chi connectivity index (χ1) is 25.3. The number of hydrogen-bond acceptors (Lipinski definition) is 2. The van der Waals surface area contributed by atoms with Crippen molar-refractivity contribution in [1.29, 1.82) is 0 Å². The number of anilines is 3. The summed E-state index contributed by atoms with van der Waals surface area (Å²) >= 11 is 0. The zero-order chi connectivity index (χ0) is 36.3. The summed E-state index contributed by atoms with van der Waals surface area (Å²) in [5.41, 5.74) is 20.2. The first-order valence-electron chi connectivity index (χ1n) is 19.2. The Morgan fingerprint density at radius 1 is 0.585 bits per heavy atom. The molecule has 0 amide bonds. The van der Waals surface area contributed by atoms with Crippen molar-refractivity contribution < 1.29 is 4.42 Å².